The molecule has 2 aromatic rings. The van der Waals surface area contributed by atoms with E-state index < -0.39 is 6.10 Å². The minimum absolute atomic E-state index is 0.101. The van der Waals surface area contributed by atoms with Crippen LogP contribution in [0, 0.1) is 19.7 Å². The van der Waals surface area contributed by atoms with E-state index in [9.17, 15) is 9.50 Å². The number of hydrogen-bond acceptors (Lipinski definition) is 2. The first-order valence-corrected chi connectivity index (χ1v) is 6.74. The second kappa shape index (κ2) is 4.91. The lowest BCUT2D eigenvalue weighted by Crippen LogP contribution is -2.13. The highest BCUT2D eigenvalue weighted by Crippen LogP contribution is 2.41. The van der Waals surface area contributed by atoms with E-state index in [1.807, 2.05) is 24.3 Å². The van der Waals surface area contributed by atoms with Crippen molar-refractivity contribution >= 4 is 0 Å². The van der Waals surface area contributed by atoms with Gasteiger partial charge >= 0.3 is 0 Å². The molecule has 2 atom stereocenters. The van der Waals surface area contributed by atoms with Gasteiger partial charge in [-0.1, -0.05) is 30.3 Å². The summed E-state index contributed by atoms with van der Waals surface area (Å²) in [4.78, 5) is 0. The van der Waals surface area contributed by atoms with E-state index >= 15 is 0 Å². The Labute approximate surface area is 117 Å². The monoisotopic (exact) mass is 272 g/mol. The van der Waals surface area contributed by atoms with Crippen LogP contribution in [0.5, 0.6) is 5.75 Å². The highest BCUT2D eigenvalue weighted by atomic mass is 19.1. The van der Waals surface area contributed by atoms with Crippen LogP contribution in [0.4, 0.5) is 4.39 Å². The fourth-order valence-corrected chi connectivity index (χ4v) is 2.83. The van der Waals surface area contributed by atoms with Gasteiger partial charge in [0.25, 0.3) is 0 Å². The van der Waals surface area contributed by atoms with Gasteiger partial charge in [-0.25, -0.2) is 4.39 Å². The zero-order valence-electron chi connectivity index (χ0n) is 11.6. The molecule has 2 nitrogen and oxygen atoms in total. The molecule has 0 spiro atoms. The summed E-state index contributed by atoms with van der Waals surface area (Å²) in [6.45, 7) is 3.89. The van der Waals surface area contributed by atoms with E-state index in [0.717, 1.165) is 16.9 Å². The van der Waals surface area contributed by atoms with Gasteiger partial charge in [0, 0.05) is 5.56 Å². The predicted octanol–water partition coefficient (Wildman–Crippen LogP) is 3.65. The molecule has 1 heterocycles. The molecular weight excluding hydrogens is 255 g/mol. The first kappa shape index (κ1) is 13.1. The number of benzene rings is 2. The van der Waals surface area contributed by atoms with Crippen LogP contribution in [0.25, 0.3) is 0 Å². The Kier molecular flexibility index (Phi) is 3.22. The number of aryl methyl sites for hydroxylation is 2. The molecule has 20 heavy (non-hydrogen) atoms. The van der Waals surface area contributed by atoms with Gasteiger partial charge in [0.05, 0.1) is 18.6 Å². The third-order valence-electron chi connectivity index (χ3n) is 3.92. The van der Waals surface area contributed by atoms with Gasteiger partial charge in [0.2, 0.25) is 0 Å². The summed E-state index contributed by atoms with van der Waals surface area (Å²) < 4.78 is 19.3. The maximum Gasteiger partial charge on any atom is 0.129 e. The van der Waals surface area contributed by atoms with Crippen LogP contribution in [-0.2, 0) is 0 Å². The van der Waals surface area contributed by atoms with Gasteiger partial charge in [-0.05, 0) is 36.6 Å². The summed E-state index contributed by atoms with van der Waals surface area (Å²) in [5, 5.41) is 10.6. The van der Waals surface area contributed by atoms with E-state index in [-0.39, 0.29) is 11.7 Å². The molecule has 0 amide bonds. The maximum absolute atomic E-state index is 13.7. The van der Waals surface area contributed by atoms with Gasteiger partial charge in [0.15, 0.2) is 0 Å². The summed E-state index contributed by atoms with van der Waals surface area (Å²) in [6.07, 6.45) is -0.684. The molecule has 104 valence electrons. The molecule has 0 bridgehead atoms. The zero-order chi connectivity index (χ0) is 14.3. The molecule has 3 rings (SSSR count). The number of halogens is 1. The van der Waals surface area contributed by atoms with Crippen LogP contribution in [0.3, 0.4) is 0 Å². The van der Waals surface area contributed by atoms with Crippen LogP contribution in [0.15, 0.2) is 36.4 Å². The van der Waals surface area contributed by atoms with Crippen molar-refractivity contribution in [2.75, 3.05) is 6.61 Å². The molecule has 3 heteroatoms. The molecule has 0 aliphatic carbocycles. The second-order valence-electron chi connectivity index (χ2n) is 5.37. The number of ether oxygens (including phenoxy) is 1. The summed E-state index contributed by atoms with van der Waals surface area (Å²) in [6, 6.07) is 11.2. The van der Waals surface area contributed by atoms with Crippen molar-refractivity contribution in [3.05, 3.63) is 64.5 Å². The molecule has 2 unspecified atom stereocenters. The molecule has 0 saturated carbocycles. The minimum Gasteiger partial charge on any atom is -0.493 e. The Morgan fingerprint density at radius 3 is 2.55 bits per heavy atom. The van der Waals surface area contributed by atoms with Crippen LogP contribution < -0.4 is 4.74 Å². The van der Waals surface area contributed by atoms with Gasteiger partial charge in [0.1, 0.15) is 11.6 Å². The summed E-state index contributed by atoms with van der Waals surface area (Å²) >= 11 is 0. The summed E-state index contributed by atoms with van der Waals surface area (Å²) in [7, 11) is 0. The van der Waals surface area contributed by atoms with Gasteiger partial charge in [-0.15, -0.1) is 0 Å². The molecule has 1 N–H and O–H groups in total. The Balaban J connectivity index is 1.96. The van der Waals surface area contributed by atoms with Crippen LogP contribution in [0.1, 0.15) is 34.3 Å². The first-order valence-electron chi connectivity index (χ1n) is 6.74. The minimum atomic E-state index is -0.684. The van der Waals surface area contributed by atoms with E-state index in [0.29, 0.717) is 17.7 Å². The predicted molar refractivity (Wildman–Crippen MR) is 75.5 cm³/mol. The van der Waals surface area contributed by atoms with E-state index in [2.05, 4.69) is 0 Å². The third kappa shape index (κ3) is 2.08. The molecule has 0 saturated heterocycles. The topological polar surface area (TPSA) is 29.5 Å². The van der Waals surface area contributed by atoms with E-state index in [1.54, 1.807) is 26.0 Å². The molecule has 0 fully saturated rings. The van der Waals surface area contributed by atoms with Gasteiger partial charge in [-0.2, -0.15) is 0 Å². The molecular formula is C17H17FO2. The Morgan fingerprint density at radius 1 is 1.20 bits per heavy atom. The third-order valence-corrected chi connectivity index (χ3v) is 3.92. The fourth-order valence-electron chi connectivity index (χ4n) is 2.83. The summed E-state index contributed by atoms with van der Waals surface area (Å²) in [5.74, 6) is 0.520. The molecule has 0 aromatic heterocycles. The van der Waals surface area contributed by atoms with Crippen LogP contribution in [-0.4, -0.2) is 11.7 Å². The number of aliphatic hydroxyl groups is 1. The van der Waals surface area contributed by atoms with E-state index in [4.69, 9.17) is 4.74 Å². The Hall–Kier alpha value is -1.87. The van der Waals surface area contributed by atoms with Crippen molar-refractivity contribution in [2.45, 2.75) is 25.9 Å². The number of rotatable bonds is 2. The average molecular weight is 272 g/mol. The van der Waals surface area contributed by atoms with Gasteiger partial charge < -0.3 is 9.84 Å². The smallest absolute Gasteiger partial charge is 0.129 e. The van der Waals surface area contributed by atoms with Crippen molar-refractivity contribution in [3.63, 3.8) is 0 Å². The maximum atomic E-state index is 13.7. The van der Waals surface area contributed by atoms with E-state index in [1.165, 1.54) is 0 Å². The average Bonchev–Trinajstić information content (AvgIpc) is 2.87. The van der Waals surface area contributed by atoms with Crippen LogP contribution >= 0.6 is 0 Å². The zero-order valence-corrected chi connectivity index (χ0v) is 11.6. The lowest BCUT2D eigenvalue weighted by Gasteiger charge is -2.19. The lowest BCUT2D eigenvalue weighted by atomic mass is 9.89. The molecule has 0 radical (unpaired) electrons. The highest BCUT2D eigenvalue weighted by molar-refractivity contribution is 5.42. The first-order chi connectivity index (χ1) is 9.58. The standard InChI is InChI=1S/C17H17FO2/c1-10-7-12(8-11(2)16(10)18)17(19)14-9-20-15-6-4-3-5-13(14)15/h3-8,14,17,19H,9H2,1-2H3. The van der Waals surface area contributed by atoms with Crippen molar-refractivity contribution in [1.82, 2.24) is 0 Å². The number of aliphatic hydroxyl groups excluding tert-OH is 1. The lowest BCUT2D eigenvalue weighted by molar-refractivity contribution is 0.130. The SMILES string of the molecule is Cc1cc(C(O)C2COc3ccccc32)cc(C)c1F. The number of fused-ring (bicyclic) bond motifs is 1. The molecule has 1 aliphatic heterocycles. The number of para-hydroxylation sites is 1. The van der Waals surface area contributed by atoms with Gasteiger partial charge in [-0.3, -0.25) is 0 Å². The quantitative estimate of drug-likeness (QED) is 0.904. The Bertz CT molecular complexity index is 628. The van der Waals surface area contributed by atoms with Crippen molar-refractivity contribution < 1.29 is 14.2 Å². The van der Waals surface area contributed by atoms with Crippen molar-refractivity contribution in [2.24, 2.45) is 0 Å². The fraction of sp³-hybridized carbons (Fsp3) is 0.294. The second-order valence-corrected chi connectivity index (χ2v) is 5.37. The normalized spacial score (nSPS) is 18.5. The molecule has 1 aliphatic rings. The number of hydrogen-bond donors (Lipinski definition) is 1. The highest BCUT2D eigenvalue weighted by Gasteiger charge is 2.31. The Morgan fingerprint density at radius 2 is 1.85 bits per heavy atom. The largest absolute Gasteiger partial charge is 0.493 e. The van der Waals surface area contributed by atoms with Crippen molar-refractivity contribution in [1.29, 1.82) is 0 Å². The van der Waals surface area contributed by atoms with Crippen LogP contribution in [0.2, 0.25) is 0 Å². The van der Waals surface area contributed by atoms with Crippen molar-refractivity contribution in [3.8, 4) is 5.75 Å². The molecule has 2 aromatic carbocycles. The summed E-state index contributed by atoms with van der Waals surface area (Å²) in [5.41, 5.74) is 2.88.